The molecule has 1 aromatic heterocycles. The number of nitrogens with one attached hydrogen (secondary N) is 1. The Balaban J connectivity index is 1.50. The van der Waals surface area contributed by atoms with Gasteiger partial charge in [0.25, 0.3) is 0 Å². The van der Waals surface area contributed by atoms with Crippen molar-refractivity contribution in [2.24, 2.45) is 0 Å². The first-order valence-corrected chi connectivity index (χ1v) is 12.7. The first kappa shape index (κ1) is 23.2. The van der Waals surface area contributed by atoms with Gasteiger partial charge < -0.3 is 14.8 Å². The number of hydrogen-bond acceptors (Lipinski definition) is 8. The number of sulfone groups is 1. The normalized spacial score (nSPS) is 22.0. The maximum absolute atomic E-state index is 14.5. The van der Waals surface area contributed by atoms with Crippen molar-refractivity contribution in [2.45, 2.75) is 69.2 Å². The Morgan fingerprint density at radius 2 is 2.03 bits per heavy atom. The SMILES string of the molecule is Cc1c(Nc2ccc(S(C)(=O)=O)cc2F)ncnc1O[C@H]1CC2CCC1N2C(=O)OC(C)C. The predicted octanol–water partition coefficient (Wildman–Crippen LogP) is 3.60. The Labute approximate surface area is 192 Å². The zero-order valence-corrected chi connectivity index (χ0v) is 19.7. The molecule has 2 fully saturated rings. The number of carbonyl (C=O) groups is 1. The van der Waals surface area contributed by atoms with Crippen molar-refractivity contribution in [1.29, 1.82) is 0 Å². The number of fused-ring (bicyclic) bond motifs is 2. The van der Waals surface area contributed by atoms with Gasteiger partial charge in [0, 0.05) is 18.7 Å². The molecule has 3 atom stereocenters. The van der Waals surface area contributed by atoms with Gasteiger partial charge in [0.05, 0.1) is 28.3 Å². The lowest BCUT2D eigenvalue weighted by molar-refractivity contribution is 0.0641. The van der Waals surface area contributed by atoms with Crippen LogP contribution in [0.4, 0.5) is 20.7 Å². The van der Waals surface area contributed by atoms with Gasteiger partial charge in [-0.15, -0.1) is 0 Å². The standard InChI is InChI=1S/C22H27FN4O5S/c1-12(2)31-22(28)27-14-5-8-18(27)19(9-14)32-21-13(3)20(24-11-25-21)26-17-7-6-15(10-16(17)23)33(4,29)30/h6-7,10-12,14,18-19H,5,8-9H2,1-4H3,(H,24,25,26)/t14?,18?,19-/m0/s1. The molecule has 0 aliphatic carbocycles. The van der Waals surface area contributed by atoms with E-state index in [-0.39, 0.29) is 41.0 Å². The molecule has 3 heterocycles. The first-order chi connectivity index (χ1) is 15.5. The lowest BCUT2D eigenvalue weighted by Gasteiger charge is -2.25. The van der Waals surface area contributed by atoms with E-state index in [1.165, 1.54) is 18.5 Å². The minimum atomic E-state index is -3.52. The van der Waals surface area contributed by atoms with Gasteiger partial charge in [-0.1, -0.05) is 0 Å². The maximum atomic E-state index is 14.5. The van der Waals surface area contributed by atoms with Crippen LogP contribution in [-0.4, -0.2) is 59.9 Å². The van der Waals surface area contributed by atoms with E-state index >= 15 is 0 Å². The van der Waals surface area contributed by atoms with Crippen molar-refractivity contribution in [1.82, 2.24) is 14.9 Å². The number of ether oxygens (including phenoxy) is 2. The minimum absolute atomic E-state index is 0.0773. The summed E-state index contributed by atoms with van der Waals surface area (Å²) in [5.41, 5.74) is 0.654. The summed E-state index contributed by atoms with van der Waals surface area (Å²) in [6, 6.07) is 3.63. The molecular weight excluding hydrogens is 451 g/mol. The van der Waals surface area contributed by atoms with Gasteiger partial charge in [-0.25, -0.2) is 27.6 Å². The third-order valence-corrected chi connectivity index (χ3v) is 7.06. The van der Waals surface area contributed by atoms with Crippen molar-refractivity contribution in [3.8, 4) is 5.88 Å². The molecule has 2 bridgehead atoms. The number of nitrogens with zero attached hydrogens (tertiary/aromatic N) is 3. The fraction of sp³-hybridized carbons (Fsp3) is 0.500. The van der Waals surface area contributed by atoms with Crippen molar-refractivity contribution in [3.05, 3.63) is 35.9 Å². The number of halogens is 1. The molecule has 9 nitrogen and oxygen atoms in total. The lowest BCUT2D eigenvalue weighted by Crippen LogP contribution is -2.40. The van der Waals surface area contributed by atoms with Gasteiger partial charge in [0.15, 0.2) is 9.84 Å². The lowest BCUT2D eigenvalue weighted by atomic mass is 9.98. The van der Waals surface area contributed by atoms with Gasteiger partial charge in [-0.05, 0) is 51.8 Å². The molecule has 2 unspecified atom stereocenters. The summed E-state index contributed by atoms with van der Waals surface area (Å²) in [4.78, 5) is 22.6. The average Bonchev–Trinajstić information content (AvgIpc) is 3.29. The topological polar surface area (TPSA) is 111 Å². The van der Waals surface area contributed by atoms with Crippen LogP contribution in [0.5, 0.6) is 5.88 Å². The molecule has 2 aromatic rings. The third kappa shape index (κ3) is 4.73. The van der Waals surface area contributed by atoms with E-state index in [9.17, 15) is 17.6 Å². The summed E-state index contributed by atoms with van der Waals surface area (Å²) in [7, 11) is -3.52. The van der Waals surface area contributed by atoms with E-state index in [1.54, 1.807) is 11.8 Å². The van der Waals surface area contributed by atoms with Gasteiger partial charge in [-0.2, -0.15) is 0 Å². The molecule has 2 saturated heterocycles. The maximum Gasteiger partial charge on any atom is 0.410 e. The zero-order valence-electron chi connectivity index (χ0n) is 18.9. The monoisotopic (exact) mass is 478 g/mol. The average molecular weight is 479 g/mol. The van der Waals surface area contributed by atoms with Gasteiger partial charge in [0.2, 0.25) is 5.88 Å². The summed E-state index contributed by atoms with van der Waals surface area (Å²) in [6.07, 6.45) is 4.02. The van der Waals surface area contributed by atoms with Crippen LogP contribution in [0.2, 0.25) is 0 Å². The van der Waals surface area contributed by atoms with E-state index in [1.807, 2.05) is 13.8 Å². The highest BCUT2D eigenvalue weighted by molar-refractivity contribution is 7.90. The third-order valence-electron chi connectivity index (χ3n) is 5.95. The van der Waals surface area contributed by atoms with Crippen LogP contribution < -0.4 is 10.1 Å². The van der Waals surface area contributed by atoms with Gasteiger partial charge in [0.1, 0.15) is 24.1 Å². The number of rotatable bonds is 6. The first-order valence-electron chi connectivity index (χ1n) is 10.8. The number of anilines is 2. The Hall–Kier alpha value is -2.95. The Morgan fingerprint density at radius 3 is 2.70 bits per heavy atom. The summed E-state index contributed by atoms with van der Waals surface area (Å²) in [5.74, 6) is -0.0357. The smallest absolute Gasteiger partial charge is 0.410 e. The zero-order chi connectivity index (χ0) is 23.9. The minimum Gasteiger partial charge on any atom is -0.472 e. The highest BCUT2D eigenvalue weighted by Crippen LogP contribution is 2.40. The fourth-order valence-electron chi connectivity index (χ4n) is 4.39. The van der Waals surface area contributed by atoms with E-state index in [4.69, 9.17) is 9.47 Å². The number of amides is 1. The molecule has 0 saturated carbocycles. The number of carbonyl (C=O) groups excluding carboxylic acids is 1. The fourth-order valence-corrected chi connectivity index (χ4v) is 5.02. The number of benzene rings is 1. The van der Waals surface area contributed by atoms with Crippen LogP contribution in [0, 0.1) is 12.7 Å². The van der Waals surface area contributed by atoms with Crippen molar-refractivity contribution >= 4 is 27.4 Å². The number of aromatic nitrogens is 2. The number of hydrogen-bond donors (Lipinski definition) is 1. The summed E-state index contributed by atoms with van der Waals surface area (Å²) in [6.45, 7) is 5.39. The molecule has 0 spiro atoms. The Bertz CT molecular complexity index is 1170. The second-order valence-electron chi connectivity index (χ2n) is 8.72. The molecule has 11 heteroatoms. The molecule has 4 rings (SSSR count). The molecule has 2 aliphatic rings. The summed E-state index contributed by atoms with van der Waals surface area (Å²) in [5, 5.41) is 2.88. The van der Waals surface area contributed by atoms with Crippen LogP contribution in [0.25, 0.3) is 0 Å². The van der Waals surface area contributed by atoms with Gasteiger partial charge >= 0.3 is 6.09 Å². The molecular formula is C22H27FN4O5S. The summed E-state index contributed by atoms with van der Waals surface area (Å²) < 4.78 is 49.3. The van der Waals surface area contributed by atoms with Crippen LogP contribution >= 0.6 is 0 Å². The second-order valence-corrected chi connectivity index (χ2v) is 10.7. The van der Waals surface area contributed by atoms with Crippen molar-refractivity contribution in [3.63, 3.8) is 0 Å². The molecule has 33 heavy (non-hydrogen) atoms. The Kier molecular flexibility index (Phi) is 6.17. The largest absolute Gasteiger partial charge is 0.472 e. The molecule has 1 amide bonds. The molecule has 178 valence electrons. The van der Waals surface area contributed by atoms with E-state index in [2.05, 4.69) is 15.3 Å². The van der Waals surface area contributed by atoms with E-state index in [0.29, 0.717) is 23.7 Å². The highest BCUT2D eigenvalue weighted by Gasteiger charge is 2.51. The van der Waals surface area contributed by atoms with Crippen LogP contribution in [0.15, 0.2) is 29.4 Å². The van der Waals surface area contributed by atoms with Crippen LogP contribution in [0.1, 0.15) is 38.7 Å². The van der Waals surface area contributed by atoms with E-state index in [0.717, 1.165) is 25.2 Å². The summed E-state index contributed by atoms with van der Waals surface area (Å²) >= 11 is 0. The predicted molar refractivity (Wildman–Crippen MR) is 119 cm³/mol. The Morgan fingerprint density at radius 1 is 1.27 bits per heavy atom. The van der Waals surface area contributed by atoms with E-state index < -0.39 is 15.7 Å². The quantitative estimate of drug-likeness (QED) is 0.671. The second kappa shape index (κ2) is 8.77. The molecule has 0 radical (unpaired) electrons. The van der Waals surface area contributed by atoms with Crippen LogP contribution in [0.3, 0.4) is 0 Å². The highest BCUT2D eigenvalue weighted by atomic mass is 32.2. The molecule has 1 N–H and O–H groups in total. The van der Waals surface area contributed by atoms with Crippen molar-refractivity contribution < 1.29 is 27.1 Å². The van der Waals surface area contributed by atoms with Crippen molar-refractivity contribution in [2.75, 3.05) is 11.6 Å². The molecule has 2 aliphatic heterocycles. The van der Waals surface area contributed by atoms with Crippen LogP contribution in [-0.2, 0) is 14.6 Å². The van der Waals surface area contributed by atoms with Gasteiger partial charge in [-0.3, -0.25) is 4.90 Å². The molecule has 1 aromatic carbocycles.